The maximum absolute atomic E-state index is 12.0. The number of carbonyl (C=O) groups excluding carboxylic acids is 1. The van der Waals surface area contributed by atoms with Gasteiger partial charge in [-0.25, -0.2) is 4.98 Å². The van der Waals surface area contributed by atoms with E-state index in [0.29, 0.717) is 10.6 Å². The number of nitrogens with zero attached hydrogens (tertiary/aromatic N) is 2. The Morgan fingerprint density at radius 1 is 1.52 bits per heavy atom. The molecule has 2 aromatic heterocycles. The number of nitrogens with two attached hydrogens (primary N) is 1. The molecule has 1 aliphatic rings. The number of ketones is 1. The lowest BCUT2D eigenvalue weighted by atomic mass is 10.1. The smallest absolute Gasteiger partial charge is 0.197 e. The molecule has 0 bridgehead atoms. The van der Waals surface area contributed by atoms with E-state index in [1.54, 1.807) is 0 Å². The summed E-state index contributed by atoms with van der Waals surface area (Å²) >= 11 is 1.38. The molecule has 0 atom stereocenters. The third-order valence-electron chi connectivity index (χ3n) is 4.14. The molecule has 1 fully saturated rings. The normalized spacial score (nSPS) is 15.1. The quantitative estimate of drug-likeness (QED) is 0.651. The Balaban J connectivity index is 2.14. The minimum absolute atomic E-state index is 0.128. The van der Waals surface area contributed by atoms with E-state index in [9.17, 15) is 4.79 Å². The fourth-order valence-electron chi connectivity index (χ4n) is 2.98. The minimum Gasteiger partial charge on any atom is -0.397 e. The zero-order chi connectivity index (χ0) is 16.4. The molecule has 1 aliphatic heterocycles. The number of allylic oxidation sites excluding steroid dienone is 1. The molecule has 6 heteroatoms. The van der Waals surface area contributed by atoms with E-state index >= 15 is 0 Å². The Morgan fingerprint density at radius 2 is 2.26 bits per heavy atom. The van der Waals surface area contributed by atoms with Crippen LogP contribution < -0.4 is 16.0 Å². The molecule has 2 aromatic rings. The number of pyridine rings is 1. The highest BCUT2D eigenvalue weighted by molar-refractivity contribution is 7.21. The third kappa shape index (κ3) is 2.96. The van der Waals surface area contributed by atoms with E-state index in [4.69, 9.17) is 10.7 Å². The molecule has 0 amide bonds. The summed E-state index contributed by atoms with van der Waals surface area (Å²) in [5.74, 6) is 0.859. The Hall–Kier alpha value is -1.92. The van der Waals surface area contributed by atoms with Crippen molar-refractivity contribution >= 4 is 38.8 Å². The standard InChI is InChI=1S/C17H22N4OS/c1-3-5-11-10-13(21-8-6-19-7-9-21)20-17-14(11)15(18)16(23-17)12(22)4-2/h4,10,19H,2-3,5-9,18H2,1H3. The summed E-state index contributed by atoms with van der Waals surface area (Å²) in [6.07, 6.45) is 3.28. The predicted molar refractivity (Wildman–Crippen MR) is 97.6 cm³/mol. The van der Waals surface area contributed by atoms with E-state index in [0.717, 1.165) is 55.1 Å². The number of aryl methyl sites for hydroxylation is 1. The zero-order valence-corrected chi connectivity index (χ0v) is 14.2. The monoisotopic (exact) mass is 330 g/mol. The summed E-state index contributed by atoms with van der Waals surface area (Å²) in [7, 11) is 0. The number of aromatic nitrogens is 1. The molecule has 5 nitrogen and oxygen atoms in total. The maximum Gasteiger partial charge on any atom is 0.197 e. The van der Waals surface area contributed by atoms with Gasteiger partial charge in [0, 0.05) is 31.6 Å². The van der Waals surface area contributed by atoms with Crippen molar-refractivity contribution in [2.45, 2.75) is 19.8 Å². The lowest BCUT2D eigenvalue weighted by Crippen LogP contribution is -2.43. The van der Waals surface area contributed by atoms with Crippen molar-refractivity contribution in [2.75, 3.05) is 36.8 Å². The second-order valence-electron chi connectivity index (χ2n) is 5.72. The van der Waals surface area contributed by atoms with Crippen molar-refractivity contribution in [1.82, 2.24) is 10.3 Å². The summed E-state index contributed by atoms with van der Waals surface area (Å²) in [6.45, 7) is 9.54. The first-order chi connectivity index (χ1) is 11.2. The van der Waals surface area contributed by atoms with Crippen LogP contribution in [0.15, 0.2) is 18.7 Å². The van der Waals surface area contributed by atoms with Crippen LogP contribution in [0.4, 0.5) is 11.5 Å². The SMILES string of the molecule is C=CC(=O)c1sc2nc(N3CCNCC3)cc(CCC)c2c1N. The van der Waals surface area contributed by atoms with Crippen LogP contribution in [0, 0.1) is 0 Å². The topological polar surface area (TPSA) is 71.2 Å². The molecule has 0 saturated carbocycles. The number of hydrogen-bond acceptors (Lipinski definition) is 6. The first-order valence-corrected chi connectivity index (χ1v) is 8.81. The number of fused-ring (bicyclic) bond motifs is 1. The van der Waals surface area contributed by atoms with Crippen molar-refractivity contribution in [3.63, 3.8) is 0 Å². The Labute approximate surface area is 140 Å². The van der Waals surface area contributed by atoms with Gasteiger partial charge in [-0.3, -0.25) is 4.79 Å². The van der Waals surface area contributed by atoms with Gasteiger partial charge in [0.25, 0.3) is 0 Å². The molecule has 0 spiro atoms. The van der Waals surface area contributed by atoms with E-state index in [1.807, 2.05) is 0 Å². The summed E-state index contributed by atoms with van der Waals surface area (Å²) in [5.41, 5.74) is 7.99. The van der Waals surface area contributed by atoms with Crippen molar-refractivity contribution in [3.8, 4) is 0 Å². The van der Waals surface area contributed by atoms with Gasteiger partial charge in [-0.15, -0.1) is 11.3 Å². The molecule has 23 heavy (non-hydrogen) atoms. The molecule has 3 rings (SSSR count). The fourth-order valence-corrected chi connectivity index (χ4v) is 4.05. The molecular weight excluding hydrogens is 308 g/mol. The van der Waals surface area contributed by atoms with Crippen LogP contribution >= 0.6 is 11.3 Å². The Bertz CT molecular complexity index is 747. The highest BCUT2D eigenvalue weighted by Crippen LogP contribution is 2.37. The van der Waals surface area contributed by atoms with Crippen LogP contribution in [-0.4, -0.2) is 36.9 Å². The Morgan fingerprint density at radius 3 is 2.91 bits per heavy atom. The molecule has 3 heterocycles. The van der Waals surface area contributed by atoms with Gasteiger partial charge in [-0.05, 0) is 24.1 Å². The summed E-state index contributed by atoms with van der Waals surface area (Å²) < 4.78 is 0. The van der Waals surface area contributed by atoms with Crippen molar-refractivity contribution < 1.29 is 4.79 Å². The number of nitrogens with one attached hydrogen (secondary N) is 1. The molecule has 3 N–H and O–H groups in total. The highest BCUT2D eigenvalue weighted by Gasteiger charge is 2.20. The number of rotatable bonds is 5. The molecule has 0 aliphatic carbocycles. The van der Waals surface area contributed by atoms with Crippen LogP contribution in [0.2, 0.25) is 0 Å². The van der Waals surface area contributed by atoms with Gasteiger partial charge >= 0.3 is 0 Å². The van der Waals surface area contributed by atoms with Crippen molar-refractivity contribution in [3.05, 3.63) is 29.2 Å². The number of nitrogen functional groups attached to an aromatic ring is 1. The number of thiophene rings is 1. The van der Waals surface area contributed by atoms with E-state index in [2.05, 4.69) is 29.8 Å². The fraction of sp³-hybridized carbons (Fsp3) is 0.412. The lowest BCUT2D eigenvalue weighted by molar-refractivity contribution is 0.105. The molecule has 0 aromatic carbocycles. The summed E-state index contributed by atoms with van der Waals surface area (Å²) in [6, 6.07) is 2.14. The highest BCUT2D eigenvalue weighted by atomic mass is 32.1. The number of hydrogen-bond donors (Lipinski definition) is 2. The summed E-state index contributed by atoms with van der Waals surface area (Å²) in [5, 5.41) is 4.30. The number of carbonyl (C=O) groups is 1. The average molecular weight is 330 g/mol. The maximum atomic E-state index is 12.0. The van der Waals surface area contributed by atoms with Gasteiger partial charge in [-0.2, -0.15) is 0 Å². The zero-order valence-electron chi connectivity index (χ0n) is 13.4. The molecule has 0 radical (unpaired) electrons. The molecule has 122 valence electrons. The van der Waals surface area contributed by atoms with E-state index in [1.165, 1.54) is 23.0 Å². The summed E-state index contributed by atoms with van der Waals surface area (Å²) in [4.78, 5) is 20.5. The Kier molecular flexibility index (Phi) is 4.63. The van der Waals surface area contributed by atoms with Crippen molar-refractivity contribution in [1.29, 1.82) is 0 Å². The third-order valence-corrected chi connectivity index (χ3v) is 5.25. The van der Waals surface area contributed by atoms with Crippen LogP contribution in [0.25, 0.3) is 10.2 Å². The minimum atomic E-state index is -0.128. The largest absolute Gasteiger partial charge is 0.397 e. The van der Waals surface area contributed by atoms with Crippen molar-refractivity contribution in [2.24, 2.45) is 0 Å². The number of anilines is 2. The van der Waals surface area contributed by atoms with Gasteiger partial charge in [0.1, 0.15) is 15.5 Å². The average Bonchev–Trinajstić information content (AvgIpc) is 2.92. The van der Waals surface area contributed by atoms with Gasteiger partial charge in [0.05, 0.1) is 5.69 Å². The van der Waals surface area contributed by atoms with Gasteiger partial charge in [-0.1, -0.05) is 19.9 Å². The number of piperazine rings is 1. The molecule has 1 saturated heterocycles. The second kappa shape index (κ2) is 6.68. The van der Waals surface area contributed by atoms with Gasteiger partial charge < -0.3 is 16.0 Å². The van der Waals surface area contributed by atoms with Gasteiger partial charge in [0.15, 0.2) is 5.78 Å². The first kappa shape index (κ1) is 16.0. The predicted octanol–water partition coefficient (Wildman–Crippen LogP) is 2.61. The van der Waals surface area contributed by atoms with Crippen LogP contribution in [-0.2, 0) is 6.42 Å². The first-order valence-electron chi connectivity index (χ1n) is 8.00. The van der Waals surface area contributed by atoms with Gasteiger partial charge in [0.2, 0.25) is 0 Å². The van der Waals surface area contributed by atoms with E-state index < -0.39 is 0 Å². The lowest BCUT2D eigenvalue weighted by Gasteiger charge is -2.28. The van der Waals surface area contributed by atoms with Crippen LogP contribution in [0.3, 0.4) is 0 Å². The van der Waals surface area contributed by atoms with Crippen LogP contribution in [0.1, 0.15) is 28.6 Å². The molecular formula is C17H22N4OS. The second-order valence-corrected chi connectivity index (χ2v) is 6.72. The molecule has 0 unspecified atom stereocenters. The van der Waals surface area contributed by atoms with E-state index in [-0.39, 0.29) is 5.78 Å². The van der Waals surface area contributed by atoms with Crippen LogP contribution in [0.5, 0.6) is 0 Å².